The summed E-state index contributed by atoms with van der Waals surface area (Å²) in [7, 11) is 0. The van der Waals surface area contributed by atoms with Crippen molar-refractivity contribution in [2.75, 3.05) is 31.1 Å². The van der Waals surface area contributed by atoms with Gasteiger partial charge in [0, 0.05) is 26.2 Å². The minimum absolute atomic E-state index is 0.0876. The predicted molar refractivity (Wildman–Crippen MR) is 125 cm³/mol. The predicted octanol–water partition coefficient (Wildman–Crippen LogP) is 3.60. The van der Waals surface area contributed by atoms with E-state index >= 15 is 0 Å². The molecule has 1 saturated heterocycles. The smallest absolute Gasteiger partial charge is 0.254 e. The van der Waals surface area contributed by atoms with E-state index < -0.39 is 5.91 Å². The highest BCUT2D eigenvalue weighted by Gasteiger charge is 2.22. The molecule has 1 aliphatic rings. The minimum atomic E-state index is -0.630. The van der Waals surface area contributed by atoms with Crippen molar-refractivity contribution in [3.05, 3.63) is 84.9 Å². The fraction of sp³-hybridized carbons (Fsp3) is 0.160. The normalized spacial score (nSPS) is 13.3. The number of carbonyl (C=O) groups excluding carboxylic acids is 2. The van der Waals surface area contributed by atoms with Crippen LogP contribution in [0.15, 0.2) is 79.4 Å². The van der Waals surface area contributed by atoms with Gasteiger partial charge in [-0.3, -0.25) is 9.59 Å². The molecule has 8 heteroatoms. The number of nitrogens with two attached hydrogens (primary N) is 1. The van der Waals surface area contributed by atoms with Gasteiger partial charge in [0.15, 0.2) is 0 Å². The Balaban J connectivity index is 1.49. The fourth-order valence-electron chi connectivity index (χ4n) is 3.47. The number of piperazine rings is 1. The highest BCUT2D eigenvalue weighted by atomic mass is 16.5. The fourth-order valence-corrected chi connectivity index (χ4v) is 3.47. The molecular weight excluding hydrogens is 420 g/mol. The SMILES string of the molecule is C=CC(=O)N1CCN(c2ccc(C(N)=O)c(Oc3ccc(Oc4ccccc4)cc3)n2)CC1. The summed E-state index contributed by atoms with van der Waals surface area (Å²) < 4.78 is 11.7. The highest BCUT2D eigenvalue weighted by Crippen LogP contribution is 2.29. The molecule has 0 atom stereocenters. The summed E-state index contributed by atoms with van der Waals surface area (Å²) in [5.74, 6) is 1.92. The van der Waals surface area contributed by atoms with Crippen molar-refractivity contribution in [2.24, 2.45) is 5.73 Å². The van der Waals surface area contributed by atoms with E-state index in [2.05, 4.69) is 11.6 Å². The van der Waals surface area contributed by atoms with Crippen LogP contribution in [0.1, 0.15) is 10.4 Å². The molecule has 1 aromatic heterocycles. The Bertz CT molecular complexity index is 1140. The molecule has 0 aliphatic carbocycles. The molecule has 4 rings (SSSR count). The third kappa shape index (κ3) is 5.30. The molecule has 0 unspecified atom stereocenters. The van der Waals surface area contributed by atoms with Gasteiger partial charge in [-0.15, -0.1) is 0 Å². The zero-order valence-corrected chi connectivity index (χ0v) is 18.0. The molecule has 3 aromatic rings. The monoisotopic (exact) mass is 444 g/mol. The van der Waals surface area contributed by atoms with Crippen LogP contribution in [0.5, 0.6) is 23.1 Å². The Morgan fingerprint density at radius 3 is 2.06 bits per heavy atom. The maximum absolute atomic E-state index is 11.9. The summed E-state index contributed by atoms with van der Waals surface area (Å²) in [4.78, 5) is 32.0. The summed E-state index contributed by atoms with van der Waals surface area (Å²) >= 11 is 0. The van der Waals surface area contributed by atoms with Crippen LogP contribution >= 0.6 is 0 Å². The van der Waals surface area contributed by atoms with E-state index in [1.807, 2.05) is 35.2 Å². The van der Waals surface area contributed by atoms with Crippen LogP contribution in [-0.4, -0.2) is 47.9 Å². The molecular formula is C25H24N4O4. The number of primary amides is 1. The zero-order chi connectivity index (χ0) is 23.2. The van der Waals surface area contributed by atoms with Gasteiger partial charge >= 0.3 is 0 Å². The molecule has 2 N–H and O–H groups in total. The molecule has 2 aromatic carbocycles. The quantitative estimate of drug-likeness (QED) is 0.559. The number of ether oxygens (including phenoxy) is 2. The molecule has 0 saturated carbocycles. The van der Waals surface area contributed by atoms with Crippen LogP contribution in [0.25, 0.3) is 0 Å². The van der Waals surface area contributed by atoms with E-state index in [1.54, 1.807) is 41.3 Å². The van der Waals surface area contributed by atoms with Crippen molar-refractivity contribution in [1.29, 1.82) is 0 Å². The summed E-state index contributed by atoms with van der Waals surface area (Å²) in [6, 6.07) is 19.8. The van der Waals surface area contributed by atoms with Gasteiger partial charge in [0.25, 0.3) is 5.91 Å². The first kappa shape index (κ1) is 21.9. The van der Waals surface area contributed by atoms with Gasteiger partial charge in [-0.05, 0) is 54.6 Å². The van der Waals surface area contributed by atoms with Gasteiger partial charge in [0.2, 0.25) is 11.8 Å². The van der Waals surface area contributed by atoms with Gasteiger partial charge in [0.05, 0.1) is 0 Å². The number of rotatable bonds is 7. The second-order valence-corrected chi connectivity index (χ2v) is 7.39. The van der Waals surface area contributed by atoms with Crippen molar-refractivity contribution < 1.29 is 19.1 Å². The molecule has 2 amide bonds. The standard InChI is InChI=1S/C25H24N4O4/c1-2-23(30)29-16-14-28(15-17-29)22-13-12-21(24(26)31)25(27-22)33-20-10-8-19(9-11-20)32-18-6-4-3-5-7-18/h2-13H,1,14-17H2,(H2,26,31). The molecule has 1 aliphatic heterocycles. The van der Waals surface area contributed by atoms with E-state index in [1.165, 1.54) is 6.08 Å². The Hall–Kier alpha value is -4.33. The Morgan fingerprint density at radius 1 is 0.848 bits per heavy atom. The highest BCUT2D eigenvalue weighted by molar-refractivity contribution is 5.95. The van der Waals surface area contributed by atoms with Crippen LogP contribution < -0.4 is 20.1 Å². The first-order valence-electron chi connectivity index (χ1n) is 10.5. The number of carbonyl (C=O) groups is 2. The number of aromatic nitrogens is 1. The van der Waals surface area contributed by atoms with Crippen LogP contribution in [0.2, 0.25) is 0 Å². The lowest BCUT2D eigenvalue weighted by Crippen LogP contribution is -2.48. The van der Waals surface area contributed by atoms with Gasteiger partial charge in [-0.1, -0.05) is 24.8 Å². The Morgan fingerprint density at radius 2 is 1.45 bits per heavy atom. The van der Waals surface area contributed by atoms with Crippen LogP contribution in [0.4, 0.5) is 5.82 Å². The van der Waals surface area contributed by atoms with Gasteiger partial charge in [0.1, 0.15) is 28.6 Å². The van der Waals surface area contributed by atoms with Gasteiger partial charge in [-0.25, -0.2) is 0 Å². The molecule has 2 heterocycles. The third-order valence-corrected chi connectivity index (χ3v) is 5.22. The average molecular weight is 444 g/mol. The van der Waals surface area contributed by atoms with Crippen LogP contribution in [0, 0.1) is 0 Å². The van der Waals surface area contributed by atoms with E-state index in [9.17, 15) is 9.59 Å². The maximum atomic E-state index is 11.9. The van der Waals surface area contributed by atoms with Crippen LogP contribution in [-0.2, 0) is 4.79 Å². The van der Waals surface area contributed by atoms with Crippen molar-refractivity contribution in [1.82, 2.24) is 9.88 Å². The Kier molecular flexibility index (Phi) is 6.54. The Labute approximate surface area is 191 Å². The van der Waals surface area contributed by atoms with E-state index in [4.69, 9.17) is 15.2 Å². The summed E-state index contributed by atoms with van der Waals surface area (Å²) in [6.07, 6.45) is 1.32. The molecule has 0 spiro atoms. The number of benzene rings is 2. The summed E-state index contributed by atoms with van der Waals surface area (Å²) in [6.45, 7) is 5.86. The number of pyridine rings is 1. The first-order chi connectivity index (χ1) is 16.0. The van der Waals surface area contributed by atoms with Crippen molar-refractivity contribution in [3.8, 4) is 23.1 Å². The molecule has 33 heavy (non-hydrogen) atoms. The topological polar surface area (TPSA) is 98.0 Å². The molecule has 8 nitrogen and oxygen atoms in total. The minimum Gasteiger partial charge on any atom is -0.457 e. The number of hydrogen-bond donors (Lipinski definition) is 1. The largest absolute Gasteiger partial charge is 0.457 e. The van der Waals surface area contributed by atoms with Crippen molar-refractivity contribution in [2.45, 2.75) is 0 Å². The number of nitrogens with zero attached hydrogens (tertiary/aromatic N) is 3. The second-order valence-electron chi connectivity index (χ2n) is 7.39. The molecule has 1 fully saturated rings. The number of para-hydroxylation sites is 1. The average Bonchev–Trinajstić information content (AvgIpc) is 2.85. The second kappa shape index (κ2) is 9.86. The molecule has 168 valence electrons. The van der Waals surface area contributed by atoms with E-state index in [0.717, 1.165) is 5.75 Å². The zero-order valence-electron chi connectivity index (χ0n) is 18.0. The van der Waals surface area contributed by atoms with Crippen molar-refractivity contribution in [3.63, 3.8) is 0 Å². The molecule has 0 radical (unpaired) electrons. The lowest BCUT2D eigenvalue weighted by atomic mass is 10.2. The first-order valence-corrected chi connectivity index (χ1v) is 10.5. The number of anilines is 1. The lowest BCUT2D eigenvalue weighted by Gasteiger charge is -2.35. The summed E-state index contributed by atoms with van der Waals surface area (Å²) in [5, 5.41) is 0. The number of amides is 2. The molecule has 0 bridgehead atoms. The van der Waals surface area contributed by atoms with Crippen molar-refractivity contribution >= 4 is 17.6 Å². The maximum Gasteiger partial charge on any atom is 0.254 e. The van der Waals surface area contributed by atoms with Gasteiger partial charge < -0.3 is 25.0 Å². The number of hydrogen-bond acceptors (Lipinski definition) is 6. The third-order valence-electron chi connectivity index (χ3n) is 5.22. The van der Waals surface area contributed by atoms with E-state index in [0.29, 0.717) is 43.5 Å². The van der Waals surface area contributed by atoms with E-state index in [-0.39, 0.29) is 17.4 Å². The van der Waals surface area contributed by atoms with Crippen LogP contribution in [0.3, 0.4) is 0 Å². The summed E-state index contributed by atoms with van der Waals surface area (Å²) in [5.41, 5.74) is 5.71. The van der Waals surface area contributed by atoms with Gasteiger partial charge in [-0.2, -0.15) is 4.98 Å². The lowest BCUT2D eigenvalue weighted by molar-refractivity contribution is -0.126.